The molecule has 1 aromatic heterocycles. The average molecular weight is 238 g/mol. The van der Waals surface area contributed by atoms with Crippen LogP contribution in [0, 0.1) is 11.3 Å². The van der Waals surface area contributed by atoms with Crippen molar-refractivity contribution in [3.05, 3.63) is 18.2 Å². The van der Waals surface area contributed by atoms with Crippen molar-refractivity contribution < 1.29 is 4.57 Å². The number of hydrogen-bond acceptors (Lipinski definition) is 2. The summed E-state index contributed by atoms with van der Waals surface area (Å²) in [6.45, 7) is 3.27. The Morgan fingerprint density at radius 3 is 3.12 bits per heavy atom. The van der Waals surface area contributed by atoms with E-state index in [9.17, 15) is 0 Å². The minimum absolute atomic E-state index is 0.673. The van der Waals surface area contributed by atoms with E-state index >= 15 is 0 Å². The summed E-state index contributed by atoms with van der Waals surface area (Å²) < 4.78 is 2.29. The van der Waals surface area contributed by atoms with Crippen molar-refractivity contribution in [2.45, 2.75) is 39.2 Å². The fourth-order valence-electron chi connectivity index (χ4n) is 1.63. The first-order valence-electron chi connectivity index (χ1n) is 5.89. The van der Waals surface area contributed by atoms with E-state index in [0.29, 0.717) is 6.42 Å². The maximum atomic E-state index is 8.46. The molecule has 0 radical (unpaired) electrons. The molecule has 1 aromatic rings. The molecule has 0 fully saturated rings. The zero-order valence-corrected chi connectivity index (χ0v) is 10.7. The molecular formula is C12H20N3S+. The van der Waals surface area contributed by atoms with Gasteiger partial charge in [-0.25, -0.2) is 9.55 Å². The van der Waals surface area contributed by atoms with Gasteiger partial charge >= 0.3 is 0 Å². The molecule has 1 N–H and O–H groups in total. The lowest BCUT2D eigenvalue weighted by molar-refractivity contribution is -0.698. The highest BCUT2D eigenvalue weighted by Crippen LogP contribution is 2.01. The summed E-state index contributed by atoms with van der Waals surface area (Å²) in [4.78, 5) is 3.28. The van der Waals surface area contributed by atoms with Crippen molar-refractivity contribution in [1.82, 2.24) is 4.98 Å². The van der Waals surface area contributed by atoms with E-state index < -0.39 is 0 Å². The molecule has 0 aliphatic heterocycles. The van der Waals surface area contributed by atoms with Crippen LogP contribution in [-0.2, 0) is 13.0 Å². The third-order valence-corrected chi connectivity index (χ3v) is 3.36. The van der Waals surface area contributed by atoms with E-state index in [-0.39, 0.29) is 0 Å². The van der Waals surface area contributed by atoms with Crippen LogP contribution < -0.4 is 4.57 Å². The molecule has 0 aliphatic rings. The Labute approximate surface area is 102 Å². The van der Waals surface area contributed by atoms with Gasteiger partial charge in [0.15, 0.2) is 0 Å². The summed E-state index contributed by atoms with van der Waals surface area (Å²) in [6.07, 6.45) is 7.91. The van der Waals surface area contributed by atoms with Gasteiger partial charge in [-0.05, 0) is 18.6 Å². The summed E-state index contributed by atoms with van der Waals surface area (Å²) in [5.74, 6) is 3.64. The highest BCUT2D eigenvalue weighted by atomic mass is 32.2. The van der Waals surface area contributed by atoms with Crippen molar-refractivity contribution in [3.8, 4) is 6.07 Å². The number of thioether (sulfide) groups is 1. The first-order valence-corrected chi connectivity index (χ1v) is 7.04. The predicted molar refractivity (Wildman–Crippen MR) is 67.2 cm³/mol. The molecule has 88 valence electrons. The number of aromatic nitrogens is 2. The Kier molecular flexibility index (Phi) is 6.75. The van der Waals surface area contributed by atoms with Gasteiger partial charge in [-0.2, -0.15) is 17.0 Å². The smallest absolute Gasteiger partial charge is 0.248 e. The number of nitrogens with zero attached hydrogens (tertiary/aromatic N) is 2. The topological polar surface area (TPSA) is 43.5 Å². The average Bonchev–Trinajstić information content (AvgIpc) is 2.73. The van der Waals surface area contributed by atoms with Gasteiger partial charge in [0.1, 0.15) is 12.4 Å². The molecule has 3 nitrogen and oxygen atoms in total. The van der Waals surface area contributed by atoms with Crippen molar-refractivity contribution in [2.75, 3.05) is 11.5 Å². The lowest BCUT2D eigenvalue weighted by Crippen LogP contribution is -2.37. The molecule has 0 amide bonds. The quantitative estimate of drug-likeness (QED) is 0.558. The largest absolute Gasteiger partial charge is 0.254 e. The lowest BCUT2D eigenvalue weighted by Gasteiger charge is -2.00. The van der Waals surface area contributed by atoms with Crippen LogP contribution in [0.4, 0.5) is 0 Å². The standard InChI is InChI=1S/C12H19N3S/c1-2-16-11-10-15-9-8-14-12(15)6-4-3-5-7-13/h8-9H,2-6,10-11H2,1H3/p+1. The Morgan fingerprint density at radius 2 is 2.38 bits per heavy atom. The summed E-state index contributed by atoms with van der Waals surface area (Å²) in [5, 5.41) is 8.46. The van der Waals surface area contributed by atoms with Gasteiger partial charge in [0.2, 0.25) is 0 Å². The number of aromatic amines is 1. The molecule has 0 unspecified atom stereocenters. The minimum atomic E-state index is 0.673. The molecule has 1 heterocycles. The minimum Gasteiger partial charge on any atom is -0.248 e. The third kappa shape index (κ3) is 4.71. The molecule has 0 atom stereocenters. The second-order valence-electron chi connectivity index (χ2n) is 3.66. The van der Waals surface area contributed by atoms with Crippen LogP contribution >= 0.6 is 11.8 Å². The predicted octanol–water partition coefficient (Wildman–Crippen LogP) is 2.29. The number of unbranched alkanes of at least 4 members (excludes halogenated alkanes) is 2. The van der Waals surface area contributed by atoms with Gasteiger partial charge < -0.3 is 0 Å². The fourth-order valence-corrected chi connectivity index (χ4v) is 2.24. The summed E-state index contributed by atoms with van der Waals surface area (Å²) in [7, 11) is 0. The number of imidazole rings is 1. The molecule has 16 heavy (non-hydrogen) atoms. The zero-order chi connectivity index (χ0) is 11.6. The first kappa shape index (κ1) is 13.1. The van der Waals surface area contributed by atoms with E-state index in [2.05, 4.69) is 28.7 Å². The van der Waals surface area contributed by atoms with E-state index in [0.717, 1.165) is 25.8 Å². The van der Waals surface area contributed by atoms with Crippen LogP contribution in [0.2, 0.25) is 0 Å². The number of nitriles is 1. The molecule has 4 heteroatoms. The highest BCUT2D eigenvalue weighted by Gasteiger charge is 2.09. The van der Waals surface area contributed by atoms with Gasteiger partial charge in [-0.15, -0.1) is 0 Å². The maximum Gasteiger partial charge on any atom is 0.254 e. The maximum absolute atomic E-state index is 8.46. The highest BCUT2D eigenvalue weighted by molar-refractivity contribution is 7.99. The fraction of sp³-hybridized carbons (Fsp3) is 0.667. The van der Waals surface area contributed by atoms with Crippen LogP contribution in [0.25, 0.3) is 0 Å². The number of nitrogens with one attached hydrogen (secondary N) is 1. The molecule has 0 saturated heterocycles. The Morgan fingerprint density at radius 1 is 1.50 bits per heavy atom. The summed E-state index contributed by atoms with van der Waals surface area (Å²) in [6, 6.07) is 2.18. The van der Waals surface area contributed by atoms with Gasteiger partial charge in [-0.3, -0.25) is 0 Å². The van der Waals surface area contributed by atoms with Gasteiger partial charge in [0, 0.05) is 18.6 Å². The van der Waals surface area contributed by atoms with E-state index in [1.165, 1.54) is 17.3 Å². The molecular weight excluding hydrogens is 218 g/mol. The molecule has 0 bridgehead atoms. The second kappa shape index (κ2) is 8.23. The van der Waals surface area contributed by atoms with Crippen LogP contribution in [0.15, 0.2) is 12.4 Å². The van der Waals surface area contributed by atoms with Crippen molar-refractivity contribution in [1.29, 1.82) is 5.26 Å². The number of rotatable bonds is 8. The monoisotopic (exact) mass is 238 g/mol. The van der Waals surface area contributed by atoms with Crippen molar-refractivity contribution in [3.63, 3.8) is 0 Å². The second-order valence-corrected chi connectivity index (χ2v) is 5.06. The third-order valence-electron chi connectivity index (χ3n) is 2.48. The van der Waals surface area contributed by atoms with Crippen LogP contribution in [0.3, 0.4) is 0 Å². The number of H-pyrrole nitrogens is 1. The summed E-state index contributed by atoms with van der Waals surface area (Å²) in [5.41, 5.74) is 0. The van der Waals surface area contributed by atoms with Gasteiger partial charge in [0.25, 0.3) is 5.82 Å². The van der Waals surface area contributed by atoms with Crippen LogP contribution in [0.5, 0.6) is 0 Å². The normalized spacial score (nSPS) is 10.2. The molecule has 0 aromatic carbocycles. The number of hydrogen-bond donors (Lipinski definition) is 1. The van der Waals surface area contributed by atoms with Crippen LogP contribution in [-0.4, -0.2) is 16.5 Å². The van der Waals surface area contributed by atoms with Gasteiger partial charge in [-0.1, -0.05) is 6.92 Å². The Balaban J connectivity index is 2.29. The number of aryl methyl sites for hydroxylation is 2. The van der Waals surface area contributed by atoms with E-state index in [4.69, 9.17) is 5.26 Å². The lowest BCUT2D eigenvalue weighted by atomic mass is 10.2. The molecule has 0 aliphatic carbocycles. The Hall–Kier alpha value is -0.950. The zero-order valence-electron chi connectivity index (χ0n) is 9.91. The van der Waals surface area contributed by atoms with Crippen LogP contribution in [0.1, 0.15) is 32.0 Å². The molecule has 0 spiro atoms. The summed E-state index contributed by atoms with van der Waals surface area (Å²) >= 11 is 1.97. The molecule has 0 saturated carbocycles. The SMILES string of the molecule is CCSCC[n+]1cc[nH]c1CCCCC#N. The Bertz CT molecular complexity index is 327. The van der Waals surface area contributed by atoms with Crippen molar-refractivity contribution in [2.24, 2.45) is 0 Å². The first-order chi connectivity index (χ1) is 7.88. The molecule has 1 rings (SSSR count). The van der Waals surface area contributed by atoms with Crippen molar-refractivity contribution >= 4 is 11.8 Å². The van der Waals surface area contributed by atoms with Gasteiger partial charge in [0.05, 0.1) is 12.6 Å². The van der Waals surface area contributed by atoms with E-state index in [1.807, 2.05) is 18.0 Å². The van der Waals surface area contributed by atoms with E-state index in [1.54, 1.807) is 0 Å².